The average molecular weight is 461 g/mol. The third kappa shape index (κ3) is 4.71. The van der Waals surface area contributed by atoms with Crippen molar-refractivity contribution in [1.82, 2.24) is 19.6 Å². The van der Waals surface area contributed by atoms with Crippen LogP contribution in [0.4, 0.5) is 4.39 Å². The molecule has 1 aromatic heterocycles. The Balaban J connectivity index is 1.56. The van der Waals surface area contributed by atoms with Gasteiger partial charge in [0, 0.05) is 48.9 Å². The summed E-state index contributed by atoms with van der Waals surface area (Å²) in [5, 5.41) is 5.43. The fourth-order valence-corrected chi connectivity index (χ4v) is 4.47. The first-order chi connectivity index (χ1) is 16.1. The van der Waals surface area contributed by atoms with Crippen molar-refractivity contribution in [3.8, 4) is 28.1 Å². The fourth-order valence-electron chi connectivity index (χ4n) is 4.34. The van der Waals surface area contributed by atoms with E-state index in [1.807, 2.05) is 59.4 Å². The highest BCUT2D eigenvalue weighted by Gasteiger charge is 2.21. The van der Waals surface area contributed by atoms with Crippen LogP contribution in [0.2, 0.25) is 5.02 Å². The highest BCUT2D eigenvalue weighted by molar-refractivity contribution is 6.30. The van der Waals surface area contributed by atoms with Gasteiger partial charge >= 0.3 is 0 Å². The van der Waals surface area contributed by atoms with E-state index in [4.69, 9.17) is 16.7 Å². The number of benzene rings is 3. The molecular formula is C27H26ClFN4. The molecule has 0 amide bonds. The Hall–Kier alpha value is -2.99. The molecule has 4 nitrogen and oxygen atoms in total. The molecular weight excluding hydrogens is 435 g/mol. The lowest BCUT2D eigenvalue weighted by atomic mass is 10.0. The summed E-state index contributed by atoms with van der Waals surface area (Å²) in [7, 11) is 2.15. The van der Waals surface area contributed by atoms with Gasteiger partial charge in [0.05, 0.1) is 17.6 Å². The first-order valence-corrected chi connectivity index (χ1v) is 11.6. The normalized spacial score (nSPS) is 15.1. The summed E-state index contributed by atoms with van der Waals surface area (Å²) in [5.74, 6) is -0.243. The Kier molecular flexibility index (Phi) is 6.27. The van der Waals surface area contributed by atoms with Crippen molar-refractivity contribution in [3.63, 3.8) is 0 Å². The molecule has 1 aliphatic rings. The van der Waals surface area contributed by atoms with Crippen molar-refractivity contribution in [2.75, 3.05) is 33.2 Å². The van der Waals surface area contributed by atoms with Gasteiger partial charge in [-0.1, -0.05) is 48.0 Å². The third-order valence-electron chi connectivity index (χ3n) is 6.23. The van der Waals surface area contributed by atoms with Gasteiger partial charge in [-0.2, -0.15) is 5.10 Å². The molecule has 1 fully saturated rings. The van der Waals surface area contributed by atoms with E-state index in [-0.39, 0.29) is 5.82 Å². The standard InChI is InChI=1S/C27H26ClFN4/c1-31-13-15-32(16-14-31)19-22-18-30-33(27(22)25-7-2-3-8-26(25)29)24-6-4-5-21(17-24)20-9-11-23(28)12-10-20/h2-12,17-18H,13-16,19H2,1H3. The van der Waals surface area contributed by atoms with Gasteiger partial charge in [0.2, 0.25) is 0 Å². The van der Waals surface area contributed by atoms with E-state index in [1.165, 1.54) is 6.07 Å². The smallest absolute Gasteiger partial charge is 0.132 e. The number of aromatic nitrogens is 2. The van der Waals surface area contributed by atoms with E-state index in [2.05, 4.69) is 29.0 Å². The molecule has 0 radical (unpaired) electrons. The molecule has 33 heavy (non-hydrogen) atoms. The quantitative estimate of drug-likeness (QED) is 0.379. The number of nitrogens with zero attached hydrogens (tertiary/aromatic N) is 4. The van der Waals surface area contributed by atoms with Crippen LogP contribution < -0.4 is 0 Å². The van der Waals surface area contributed by atoms with Crippen LogP contribution in [0.25, 0.3) is 28.1 Å². The molecule has 3 aromatic carbocycles. The highest BCUT2D eigenvalue weighted by Crippen LogP contribution is 2.31. The summed E-state index contributed by atoms with van der Waals surface area (Å²) in [6, 6.07) is 22.9. The maximum absolute atomic E-state index is 15.0. The molecule has 1 aliphatic heterocycles. The topological polar surface area (TPSA) is 24.3 Å². The minimum atomic E-state index is -0.243. The first-order valence-electron chi connectivity index (χ1n) is 11.2. The van der Waals surface area contributed by atoms with Crippen molar-refractivity contribution >= 4 is 11.6 Å². The lowest BCUT2D eigenvalue weighted by molar-refractivity contribution is 0.148. The van der Waals surface area contributed by atoms with Gasteiger partial charge in [0.25, 0.3) is 0 Å². The Morgan fingerprint density at radius 3 is 2.39 bits per heavy atom. The number of rotatable bonds is 5. The average Bonchev–Trinajstić information content (AvgIpc) is 3.25. The lowest BCUT2D eigenvalue weighted by Gasteiger charge is -2.32. The van der Waals surface area contributed by atoms with Crippen LogP contribution in [0, 0.1) is 5.82 Å². The molecule has 1 saturated heterocycles. The van der Waals surface area contributed by atoms with Gasteiger partial charge in [0.15, 0.2) is 0 Å². The van der Waals surface area contributed by atoms with Crippen molar-refractivity contribution in [1.29, 1.82) is 0 Å². The van der Waals surface area contributed by atoms with Crippen LogP contribution in [-0.2, 0) is 6.54 Å². The maximum atomic E-state index is 15.0. The Morgan fingerprint density at radius 1 is 0.879 bits per heavy atom. The number of hydrogen-bond donors (Lipinski definition) is 0. The SMILES string of the molecule is CN1CCN(Cc2cnn(-c3cccc(-c4ccc(Cl)cc4)c3)c2-c2ccccc2F)CC1. The highest BCUT2D eigenvalue weighted by atomic mass is 35.5. The molecule has 0 N–H and O–H groups in total. The molecule has 4 aromatic rings. The van der Waals surface area contributed by atoms with E-state index >= 15 is 0 Å². The number of hydrogen-bond acceptors (Lipinski definition) is 3. The minimum absolute atomic E-state index is 0.243. The van der Waals surface area contributed by atoms with Crippen molar-refractivity contribution < 1.29 is 4.39 Å². The van der Waals surface area contributed by atoms with Crippen LogP contribution in [0.3, 0.4) is 0 Å². The van der Waals surface area contributed by atoms with E-state index in [0.717, 1.165) is 60.8 Å². The van der Waals surface area contributed by atoms with Crippen LogP contribution in [0.5, 0.6) is 0 Å². The van der Waals surface area contributed by atoms with Crippen LogP contribution in [-0.4, -0.2) is 52.8 Å². The van der Waals surface area contributed by atoms with Gasteiger partial charge in [-0.25, -0.2) is 9.07 Å². The van der Waals surface area contributed by atoms with Gasteiger partial charge in [-0.15, -0.1) is 0 Å². The van der Waals surface area contributed by atoms with Gasteiger partial charge in [0.1, 0.15) is 5.82 Å². The van der Waals surface area contributed by atoms with Crippen LogP contribution in [0.15, 0.2) is 79.0 Å². The predicted octanol–water partition coefficient (Wildman–Crippen LogP) is 5.75. The monoisotopic (exact) mass is 460 g/mol. The molecule has 6 heteroatoms. The molecule has 0 aliphatic carbocycles. The third-order valence-corrected chi connectivity index (χ3v) is 6.48. The van der Waals surface area contributed by atoms with E-state index < -0.39 is 0 Å². The largest absolute Gasteiger partial charge is 0.304 e. The van der Waals surface area contributed by atoms with Gasteiger partial charge in [-0.05, 0) is 54.6 Å². The summed E-state index contributed by atoms with van der Waals surface area (Å²) >= 11 is 6.06. The molecule has 0 spiro atoms. The summed E-state index contributed by atoms with van der Waals surface area (Å²) in [5.41, 5.74) is 5.42. The minimum Gasteiger partial charge on any atom is -0.304 e. The van der Waals surface area contributed by atoms with Crippen molar-refractivity contribution in [2.45, 2.75) is 6.54 Å². The molecule has 2 heterocycles. The zero-order chi connectivity index (χ0) is 22.8. The van der Waals surface area contributed by atoms with Crippen LogP contribution in [0.1, 0.15) is 5.56 Å². The Labute approximate surface area is 198 Å². The zero-order valence-corrected chi connectivity index (χ0v) is 19.3. The van der Waals surface area contributed by atoms with E-state index in [9.17, 15) is 4.39 Å². The zero-order valence-electron chi connectivity index (χ0n) is 18.6. The second kappa shape index (κ2) is 9.48. The first kappa shape index (κ1) is 21.8. The molecule has 0 bridgehead atoms. The second-order valence-corrected chi connectivity index (χ2v) is 8.98. The molecule has 0 atom stereocenters. The lowest BCUT2D eigenvalue weighted by Crippen LogP contribution is -2.43. The van der Waals surface area contributed by atoms with E-state index in [1.54, 1.807) is 6.07 Å². The molecule has 168 valence electrons. The van der Waals surface area contributed by atoms with Gasteiger partial charge in [-0.3, -0.25) is 4.90 Å². The van der Waals surface area contributed by atoms with Crippen molar-refractivity contribution in [3.05, 3.63) is 95.4 Å². The predicted molar refractivity (Wildman–Crippen MR) is 132 cm³/mol. The van der Waals surface area contributed by atoms with Gasteiger partial charge < -0.3 is 4.90 Å². The Morgan fingerprint density at radius 2 is 1.64 bits per heavy atom. The number of halogens is 2. The van der Waals surface area contributed by atoms with Crippen molar-refractivity contribution in [2.24, 2.45) is 0 Å². The Bertz CT molecular complexity index is 1240. The second-order valence-electron chi connectivity index (χ2n) is 8.55. The molecule has 0 saturated carbocycles. The van der Waals surface area contributed by atoms with E-state index in [0.29, 0.717) is 10.6 Å². The summed E-state index contributed by atoms with van der Waals surface area (Å²) in [4.78, 5) is 4.75. The maximum Gasteiger partial charge on any atom is 0.132 e. The number of likely N-dealkylation sites (N-methyl/N-ethyl adjacent to an activating group) is 1. The summed E-state index contributed by atoms with van der Waals surface area (Å²) in [6.45, 7) is 4.79. The molecule has 5 rings (SSSR count). The fraction of sp³-hybridized carbons (Fsp3) is 0.222. The summed E-state index contributed by atoms with van der Waals surface area (Å²) < 4.78 is 16.8. The number of piperazine rings is 1. The summed E-state index contributed by atoms with van der Waals surface area (Å²) in [6.07, 6.45) is 1.88. The van der Waals surface area contributed by atoms with Crippen LogP contribution >= 0.6 is 11.6 Å². The molecule has 0 unspecified atom stereocenters.